The summed E-state index contributed by atoms with van der Waals surface area (Å²) in [5, 5.41) is 0.433. The number of hydrogen-bond acceptors (Lipinski definition) is 7. The number of allylic oxidation sites excluding steroid dienone is 1. The minimum absolute atomic E-state index is 0.125. The van der Waals surface area contributed by atoms with Crippen LogP contribution in [0.5, 0.6) is 11.5 Å². The highest BCUT2D eigenvalue weighted by Crippen LogP contribution is 2.37. The van der Waals surface area contributed by atoms with Gasteiger partial charge in [-0.2, -0.15) is 0 Å². The molecule has 10 heteroatoms. The van der Waals surface area contributed by atoms with Crippen molar-refractivity contribution in [1.29, 1.82) is 0 Å². The van der Waals surface area contributed by atoms with Gasteiger partial charge >= 0.3 is 5.97 Å². The van der Waals surface area contributed by atoms with Crippen molar-refractivity contribution in [2.24, 2.45) is 4.99 Å². The van der Waals surface area contributed by atoms with Crippen LogP contribution in [0.1, 0.15) is 31.0 Å². The first-order valence-electron chi connectivity index (χ1n) is 10.4. The van der Waals surface area contributed by atoms with Crippen LogP contribution in [-0.4, -0.2) is 23.9 Å². The highest BCUT2D eigenvalue weighted by molar-refractivity contribution is 9.10. The first kappa shape index (κ1) is 22.9. The second-order valence-corrected chi connectivity index (χ2v) is 9.91. The van der Waals surface area contributed by atoms with Crippen molar-refractivity contribution >= 4 is 50.9 Å². The van der Waals surface area contributed by atoms with Gasteiger partial charge < -0.3 is 14.2 Å². The molecule has 3 heterocycles. The Morgan fingerprint density at radius 1 is 1.29 bits per heavy atom. The van der Waals surface area contributed by atoms with E-state index in [0.29, 0.717) is 42.7 Å². The third-order valence-corrected chi connectivity index (χ3v) is 7.32. The lowest BCUT2D eigenvalue weighted by Crippen LogP contribution is -2.39. The van der Waals surface area contributed by atoms with Crippen LogP contribution >= 0.6 is 38.9 Å². The molecular weight excluding hydrogens is 544 g/mol. The number of nitrogens with zero attached hydrogens (tertiary/aromatic N) is 2. The molecule has 0 unspecified atom stereocenters. The molecule has 0 radical (unpaired) electrons. The summed E-state index contributed by atoms with van der Waals surface area (Å²) < 4.78 is 19.0. The number of esters is 1. The Hall–Kier alpha value is -2.88. The fourth-order valence-electron chi connectivity index (χ4n) is 3.94. The second kappa shape index (κ2) is 9.05. The van der Waals surface area contributed by atoms with Gasteiger partial charge in [0.2, 0.25) is 6.79 Å². The molecule has 0 saturated heterocycles. The first-order chi connectivity index (χ1) is 16.4. The maximum absolute atomic E-state index is 13.6. The van der Waals surface area contributed by atoms with Gasteiger partial charge in [0, 0.05) is 10.5 Å². The molecule has 0 aliphatic carbocycles. The zero-order chi connectivity index (χ0) is 24.0. The summed E-state index contributed by atoms with van der Waals surface area (Å²) in [6.07, 6.45) is 1.70. The second-order valence-electron chi connectivity index (χ2n) is 7.58. The standard InChI is InChI=1S/C24H18BrClN2O5S/c1-3-31-23(30)20-12(2)27-24-28(21(20)13-4-6-15(25)7-5-13)22(29)19(34-24)9-14-8-17-18(10-16(14)26)33-11-32-17/h4-10,21H,3,11H2,1-2H3/b19-9-/t21-/m1/s1. The van der Waals surface area contributed by atoms with Gasteiger partial charge in [0.1, 0.15) is 0 Å². The number of fused-ring (bicyclic) bond motifs is 2. The summed E-state index contributed by atoms with van der Waals surface area (Å²) in [6.45, 7) is 3.84. The minimum atomic E-state index is -0.669. The summed E-state index contributed by atoms with van der Waals surface area (Å²) >= 11 is 11.1. The zero-order valence-corrected chi connectivity index (χ0v) is 21.3. The summed E-state index contributed by atoms with van der Waals surface area (Å²) in [5.41, 5.74) is 1.97. The van der Waals surface area contributed by atoms with E-state index in [0.717, 1.165) is 10.0 Å². The number of rotatable bonds is 4. The van der Waals surface area contributed by atoms with Gasteiger partial charge in [-0.25, -0.2) is 9.79 Å². The lowest BCUT2D eigenvalue weighted by atomic mass is 9.96. The predicted molar refractivity (Wildman–Crippen MR) is 132 cm³/mol. The quantitative estimate of drug-likeness (QED) is 0.451. The molecule has 174 valence electrons. The van der Waals surface area contributed by atoms with Gasteiger partial charge in [-0.05, 0) is 49.2 Å². The average Bonchev–Trinajstić information content (AvgIpc) is 3.37. The van der Waals surface area contributed by atoms with E-state index >= 15 is 0 Å². The Morgan fingerprint density at radius 2 is 2.00 bits per heavy atom. The van der Waals surface area contributed by atoms with E-state index in [4.69, 9.17) is 25.8 Å². The largest absolute Gasteiger partial charge is 0.463 e. The molecule has 3 aromatic rings. The Labute approximate surface area is 211 Å². The van der Waals surface area contributed by atoms with Gasteiger partial charge in [-0.3, -0.25) is 9.36 Å². The smallest absolute Gasteiger partial charge is 0.338 e. The summed E-state index contributed by atoms with van der Waals surface area (Å²) in [6, 6.07) is 10.2. The Morgan fingerprint density at radius 3 is 2.71 bits per heavy atom. The van der Waals surface area contributed by atoms with Crippen molar-refractivity contribution in [2.45, 2.75) is 19.9 Å². The third-order valence-electron chi connectivity index (χ3n) is 5.48. The van der Waals surface area contributed by atoms with E-state index in [1.807, 2.05) is 24.3 Å². The number of ether oxygens (including phenoxy) is 3. The van der Waals surface area contributed by atoms with Crippen LogP contribution in [0.2, 0.25) is 5.02 Å². The topological polar surface area (TPSA) is 79.1 Å². The number of hydrogen-bond donors (Lipinski definition) is 0. The molecule has 7 nitrogen and oxygen atoms in total. The van der Waals surface area contributed by atoms with Gasteiger partial charge in [0.05, 0.1) is 33.5 Å². The van der Waals surface area contributed by atoms with Gasteiger partial charge in [0.25, 0.3) is 5.56 Å². The van der Waals surface area contributed by atoms with E-state index in [-0.39, 0.29) is 19.0 Å². The first-order valence-corrected chi connectivity index (χ1v) is 12.4. The number of aromatic nitrogens is 1. The van der Waals surface area contributed by atoms with Crippen LogP contribution < -0.4 is 24.4 Å². The molecule has 0 saturated carbocycles. The van der Waals surface area contributed by atoms with Crippen molar-refractivity contribution in [1.82, 2.24) is 4.57 Å². The molecule has 0 bridgehead atoms. The van der Waals surface area contributed by atoms with E-state index in [2.05, 4.69) is 20.9 Å². The van der Waals surface area contributed by atoms with Crippen LogP contribution in [-0.2, 0) is 9.53 Å². The minimum Gasteiger partial charge on any atom is -0.463 e. The molecule has 0 spiro atoms. The van der Waals surface area contributed by atoms with Crippen LogP contribution in [0.4, 0.5) is 0 Å². The van der Waals surface area contributed by atoms with Crippen molar-refractivity contribution < 1.29 is 19.0 Å². The molecule has 2 aromatic carbocycles. The molecule has 34 heavy (non-hydrogen) atoms. The summed E-state index contributed by atoms with van der Waals surface area (Å²) in [4.78, 5) is 31.6. The maximum atomic E-state index is 13.6. The number of carbonyl (C=O) groups excluding carboxylic acids is 1. The molecular formula is C24H18BrClN2O5S. The number of carbonyl (C=O) groups is 1. The Kier molecular flexibility index (Phi) is 6.09. The molecule has 2 aliphatic heterocycles. The van der Waals surface area contributed by atoms with Crippen LogP contribution in [0, 0.1) is 0 Å². The highest BCUT2D eigenvalue weighted by atomic mass is 79.9. The van der Waals surface area contributed by atoms with Gasteiger partial charge in [-0.1, -0.05) is 51.0 Å². The molecule has 5 rings (SSSR count). The molecule has 0 N–H and O–H groups in total. The fraction of sp³-hybridized carbons (Fsp3) is 0.208. The summed E-state index contributed by atoms with van der Waals surface area (Å²) in [7, 11) is 0. The van der Waals surface area contributed by atoms with E-state index in [1.54, 1.807) is 36.6 Å². The predicted octanol–water partition coefficient (Wildman–Crippen LogP) is 3.94. The number of halogens is 2. The van der Waals surface area contributed by atoms with Crippen LogP contribution in [0.15, 0.2) is 61.9 Å². The average molecular weight is 562 g/mol. The molecule has 0 amide bonds. The Balaban J connectivity index is 1.71. The van der Waals surface area contributed by atoms with Crippen molar-refractivity contribution in [3.8, 4) is 11.5 Å². The molecule has 1 atom stereocenters. The SMILES string of the molecule is CCOC(=O)C1=C(C)N=c2s/c(=C\c3cc4c(cc3Cl)OCO4)c(=O)n2[C@@H]1c1ccc(Br)cc1. The number of benzene rings is 2. The Bertz CT molecular complexity index is 1520. The van der Waals surface area contributed by atoms with Crippen LogP contribution in [0.25, 0.3) is 6.08 Å². The summed E-state index contributed by atoms with van der Waals surface area (Å²) in [5.74, 6) is 0.634. The van der Waals surface area contributed by atoms with Gasteiger partial charge in [-0.15, -0.1) is 0 Å². The highest BCUT2D eigenvalue weighted by Gasteiger charge is 2.33. The zero-order valence-electron chi connectivity index (χ0n) is 18.1. The maximum Gasteiger partial charge on any atom is 0.338 e. The van der Waals surface area contributed by atoms with E-state index < -0.39 is 12.0 Å². The molecule has 2 aliphatic rings. The third kappa shape index (κ3) is 3.97. The lowest BCUT2D eigenvalue weighted by molar-refractivity contribution is -0.139. The molecule has 0 fully saturated rings. The van der Waals surface area contributed by atoms with Crippen molar-refractivity contribution in [3.05, 3.63) is 88.0 Å². The number of thiazole rings is 1. The molecule has 1 aromatic heterocycles. The van der Waals surface area contributed by atoms with Crippen LogP contribution in [0.3, 0.4) is 0 Å². The van der Waals surface area contributed by atoms with E-state index in [1.165, 1.54) is 11.3 Å². The van der Waals surface area contributed by atoms with Crippen molar-refractivity contribution in [3.63, 3.8) is 0 Å². The fourth-order valence-corrected chi connectivity index (χ4v) is 5.45. The van der Waals surface area contributed by atoms with Crippen molar-refractivity contribution in [2.75, 3.05) is 13.4 Å². The van der Waals surface area contributed by atoms with Gasteiger partial charge in [0.15, 0.2) is 16.3 Å². The monoisotopic (exact) mass is 560 g/mol. The lowest BCUT2D eigenvalue weighted by Gasteiger charge is -2.24. The van der Waals surface area contributed by atoms with E-state index in [9.17, 15) is 9.59 Å². The normalized spacial score (nSPS) is 16.9.